The van der Waals surface area contributed by atoms with Gasteiger partial charge in [0.05, 0.1) is 5.69 Å². The van der Waals surface area contributed by atoms with Crippen LogP contribution in [-0.2, 0) is 4.79 Å². The van der Waals surface area contributed by atoms with Crippen molar-refractivity contribution in [3.8, 4) is 11.6 Å². The van der Waals surface area contributed by atoms with Gasteiger partial charge in [0, 0.05) is 18.8 Å². The number of nitrogens with one attached hydrogen (secondary N) is 2. The van der Waals surface area contributed by atoms with Crippen molar-refractivity contribution in [2.45, 2.75) is 26.9 Å². The summed E-state index contributed by atoms with van der Waals surface area (Å²) in [5.74, 6) is 1.79. The molecule has 8 heteroatoms. The molecule has 1 atom stereocenters. The first kappa shape index (κ1) is 19.3. The largest absolute Gasteiger partial charge is 0.481 e. The molecule has 0 fully saturated rings. The van der Waals surface area contributed by atoms with E-state index in [9.17, 15) is 4.79 Å². The molecule has 0 aliphatic heterocycles. The summed E-state index contributed by atoms with van der Waals surface area (Å²) in [6.45, 7) is 6.60. The van der Waals surface area contributed by atoms with E-state index in [0.29, 0.717) is 30.5 Å². The van der Waals surface area contributed by atoms with Crippen molar-refractivity contribution in [1.82, 2.24) is 25.3 Å². The Hall–Kier alpha value is -3.42. The highest BCUT2D eigenvalue weighted by atomic mass is 16.5. The first-order valence-electron chi connectivity index (χ1n) is 9.13. The lowest BCUT2D eigenvalue weighted by Gasteiger charge is -2.14. The van der Waals surface area contributed by atoms with E-state index in [4.69, 9.17) is 4.74 Å². The Balaban J connectivity index is 1.42. The molecule has 1 unspecified atom stereocenters. The van der Waals surface area contributed by atoms with E-state index in [0.717, 1.165) is 11.4 Å². The van der Waals surface area contributed by atoms with Crippen LogP contribution in [0.4, 0.5) is 5.82 Å². The second kappa shape index (κ2) is 8.98. The highest BCUT2D eigenvalue weighted by Gasteiger charge is 2.13. The second-order valence-electron chi connectivity index (χ2n) is 6.41. The average molecular weight is 380 g/mol. The third-order valence-corrected chi connectivity index (χ3v) is 4.03. The van der Waals surface area contributed by atoms with Crippen LogP contribution in [0, 0.1) is 13.8 Å². The Morgan fingerprint density at radius 1 is 1.11 bits per heavy atom. The van der Waals surface area contributed by atoms with Crippen LogP contribution < -0.4 is 15.4 Å². The molecule has 2 aromatic heterocycles. The first-order valence-corrected chi connectivity index (χ1v) is 9.13. The summed E-state index contributed by atoms with van der Waals surface area (Å²) in [7, 11) is 0. The molecule has 3 aromatic rings. The zero-order valence-electron chi connectivity index (χ0n) is 16.2. The topological polar surface area (TPSA) is 94.0 Å². The van der Waals surface area contributed by atoms with Crippen molar-refractivity contribution < 1.29 is 9.53 Å². The van der Waals surface area contributed by atoms with Gasteiger partial charge in [0.1, 0.15) is 11.6 Å². The molecule has 2 N–H and O–H groups in total. The van der Waals surface area contributed by atoms with Gasteiger partial charge in [-0.1, -0.05) is 18.2 Å². The van der Waals surface area contributed by atoms with E-state index in [1.54, 1.807) is 11.6 Å². The Morgan fingerprint density at radius 2 is 1.89 bits per heavy atom. The average Bonchev–Trinajstić information content (AvgIpc) is 3.04. The molecular formula is C20H24N6O2. The van der Waals surface area contributed by atoms with Crippen LogP contribution in [0.5, 0.6) is 5.75 Å². The van der Waals surface area contributed by atoms with Crippen molar-refractivity contribution in [2.24, 2.45) is 0 Å². The van der Waals surface area contributed by atoms with Crippen LogP contribution in [0.15, 0.2) is 48.5 Å². The van der Waals surface area contributed by atoms with Crippen LogP contribution in [0.1, 0.15) is 18.3 Å². The third-order valence-electron chi connectivity index (χ3n) is 4.03. The van der Waals surface area contributed by atoms with Gasteiger partial charge < -0.3 is 15.4 Å². The number of ether oxygens (including phenoxy) is 1. The third kappa shape index (κ3) is 5.06. The molecule has 0 saturated carbocycles. The van der Waals surface area contributed by atoms with Crippen molar-refractivity contribution in [3.63, 3.8) is 0 Å². The smallest absolute Gasteiger partial charge is 0.260 e. The molecule has 28 heavy (non-hydrogen) atoms. The molecule has 0 radical (unpaired) electrons. The number of para-hydroxylation sites is 1. The maximum atomic E-state index is 12.1. The monoisotopic (exact) mass is 380 g/mol. The van der Waals surface area contributed by atoms with Crippen molar-refractivity contribution in [1.29, 1.82) is 0 Å². The second-order valence-corrected chi connectivity index (χ2v) is 6.41. The molecule has 1 amide bonds. The molecule has 0 bridgehead atoms. The van der Waals surface area contributed by atoms with Crippen molar-refractivity contribution in [3.05, 3.63) is 59.9 Å². The van der Waals surface area contributed by atoms with E-state index in [1.165, 1.54) is 0 Å². The summed E-state index contributed by atoms with van der Waals surface area (Å²) >= 11 is 0. The van der Waals surface area contributed by atoms with Gasteiger partial charge in [-0.25, -0.2) is 4.68 Å². The fourth-order valence-electron chi connectivity index (χ4n) is 2.67. The Bertz CT molecular complexity index is 908. The minimum atomic E-state index is -0.567. The van der Waals surface area contributed by atoms with Gasteiger partial charge in [0.15, 0.2) is 11.9 Å². The minimum absolute atomic E-state index is 0.170. The maximum absolute atomic E-state index is 12.1. The number of hydrogen-bond donors (Lipinski definition) is 2. The lowest BCUT2D eigenvalue weighted by atomic mass is 10.3. The van der Waals surface area contributed by atoms with Crippen LogP contribution in [0.3, 0.4) is 0 Å². The number of rotatable bonds is 8. The van der Waals surface area contributed by atoms with Gasteiger partial charge in [-0.15, -0.1) is 10.2 Å². The number of hydrogen-bond acceptors (Lipinski definition) is 6. The highest BCUT2D eigenvalue weighted by Crippen LogP contribution is 2.11. The van der Waals surface area contributed by atoms with E-state index < -0.39 is 6.10 Å². The van der Waals surface area contributed by atoms with Crippen LogP contribution >= 0.6 is 0 Å². The Labute approximate surface area is 163 Å². The normalized spacial score (nSPS) is 11.7. The predicted octanol–water partition coefficient (Wildman–Crippen LogP) is 2.27. The molecule has 0 aliphatic rings. The Kier molecular flexibility index (Phi) is 6.21. The fourth-order valence-corrected chi connectivity index (χ4v) is 2.67. The molecule has 0 spiro atoms. The molecule has 1 aromatic carbocycles. The van der Waals surface area contributed by atoms with Gasteiger partial charge in [0.25, 0.3) is 5.91 Å². The maximum Gasteiger partial charge on any atom is 0.260 e. The molecule has 0 aliphatic carbocycles. The molecular weight excluding hydrogens is 356 g/mol. The van der Waals surface area contributed by atoms with Crippen LogP contribution in [0.2, 0.25) is 0 Å². The van der Waals surface area contributed by atoms with Crippen LogP contribution in [0.25, 0.3) is 5.82 Å². The summed E-state index contributed by atoms with van der Waals surface area (Å²) in [5.41, 5.74) is 1.93. The first-order chi connectivity index (χ1) is 13.5. The van der Waals surface area contributed by atoms with E-state index >= 15 is 0 Å². The zero-order valence-corrected chi connectivity index (χ0v) is 16.2. The summed E-state index contributed by atoms with van der Waals surface area (Å²) in [5, 5.41) is 18.7. The summed E-state index contributed by atoms with van der Waals surface area (Å²) in [6.07, 6.45) is -0.567. The standard InChI is InChI=1S/C20H24N6O2/c1-14-13-15(2)26(25-14)19-10-9-18(23-24-19)21-11-12-22-20(27)16(3)28-17-7-5-4-6-8-17/h4-10,13,16H,11-12H2,1-3H3,(H,21,23)(H,22,27). The summed E-state index contributed by atoms with van der Waals surface area (Å²) < 4.78 is 7.35. The lowest BCUT2D eigenvalue weighted by Crippen LogP contribution is -2.38. The van der Waals surface area contributed by atoms with Crippen LogP contribution in [-0.4, -0.2) is 45.1 Å². The van der Waals surface area contributed by atoms with E-state index in [2.05, 4.69) is 25.9 Å². The molecule has 2 heterocycles. The number of aromatic nitrogens is 4. The lowest BCUT2D eigenvalue weighted by molar-refractivity contribution is -0.127. The Morgan fingerprint density at radius 3 is 2.54 bits per heavy atom. The van der Waals surface area contributed by atoms with Gasteiger partial charge in [-0.3, -0.25) is 4.79 Å². The summed E-state index contributed by atoms with van der Waals surface area (Å²) in [4.78, 5) is 12.1. The SMILES string of the molecule is Cc1cc(C)n(-c2ccc(NCCNC(=O)C(C)Oc3ccccc3)nn2)n1. The predicted molar refractivity (Wildman–Crippen MR) is 107 cm³/mol. The van der Waals surface area contributed by atoms with Gasteiger partial charge >= 0.3 is 0 Å². The number of anilines is 1. The van der Waals surface area contributed by atoms with Gasteiger partial charge in [-0.05, 0) is 51.1 Å². The molecule has 8 nitrogen and oxygen atoms in total. The number of amides is 1. The summed E-state index contributed by atoms with van der Waals surface area (Å²) in [6, 6.07) is 14.9. The molecule has 3 rings (SSSR count). The van der Waals surface area contributed by atoms with E-state index in [1.807, 2.05) is 62.4 Å². The zero-order chi connectivity index (χ0) is 19.9. The number of carbonyl (C=O) groups excluding carboxylic acids is 1. The fraction of sp³-hybridized carbons (Fsp3) is 0.300. The number of benzene rings is 1. The highest BCUT2D eigenvalue weighted by molar-refractivity contribution is 5.80. The number of nitrogens with zero attached hydrogens (tertiary/aromatic N) is 4. The van der Waals surface area contributed by atoms with E-state index in [-0.39, 0.29) is 5.91 Å². The van der Waals surface area contributed by atoms with Gasteiger partial charge in [0.2, 0.25) is 0 Å². The quantitative estimate of drug-likeness (QED) is 0.582. The van der Waals surface area contributed by atoms with Crippen molar-refractivity contribution in [2.75, 3.05) is 18.4 Å². The van der Waals surface area contributed by atoms with Crippen molar-refractivity contribution >= 4 is 11.7 Å². The molecule has 146 valence electrons. The number of carbonyl (C=O) groups is 1. The minimum Gasteiger partial charge on any atom is -0.481 e. The number of aryl methyl sites for hydroxylation is 2. The van der Waals surface area contributed by atoms with Gasteiger partial charge in [-0.2, -0.15) is 5.10 Å². The molecule has 0 saturated heterocycles.